The molecule has 0 heterocycles. The molecule has 0 saturated carbocycles. The highest BCUT2D eigenvalue weighted by molar-refractivity contribution is 9.10. The first-order valence-corrected chi connectivity index (χ1v) is 5.15. The Kier molecular flexibility index (Phi) is 4.25. The van der Waals surface area contributed by atoms with Gasteiger partial charge in [-0.25, -0.2) is 8.78 Å². The highest BCUT2D eigenvalue weighted by Crippen LogP contribution is 2.27. The summed E-state index contributed by atoms with van der Waals surface area (Å²) in [7, 11) is 0. The Morgan fingerprint density at radius 2 is 2.13 bits per heavy atom. The molecule has 0 aliphatic heterocycles. The van der Waals surface area contributed by atoms with Crippen molar-refractivity contribution in [1.29, 1.82) is 0 Å². The first kappa shape index (κ1) is 12.2. The van der Waals surface area contributed by atoms with Crippen molar-refractivity contribution in [3.8, 4) is 11.8 Å². The summed E-state index contributed by atoms with van der Waals surface area (Å²) < 4.78 is 26.0. The van der Waals surface area contributed by atoms with Crippen molar-refractivity contribution in [3.05, 3.63) is 33.8 Å². The molecule has 1 rings (SSSR count). The van der Waals surface area contributed by atoms with Gasteiger partial charge in [0, 0.05) is 12.5 Å². The minimum absolute atomic E-state index is 0.0768. The Morgan fingerprint density at radius 3 is 2.73 bits per heavy atom. The lowest BCUT2D eigenvalue weighted by molar-refractivity contribution is 0.500. The molecule has 80 valence electrons. The Hall–Kier alpha value is -0.920. The van der Waals surface area contributed by atoms with Gasteiger partial charge in [-0.05, 0) is 34.5 Å². The number of nitrogens with two attached hydrogens (primary N) is 1. The molecule has 0 radical (unpaired) electrons. The molecule has 0 aliphatic carbocycles. The SMILES string of the molecule is CC#CCC(N)c1ccc(F)c(F)c1Br. The van der Waals surface area contributed by atoms with Crippen LogP contribution in [-0.2, 0) is 0 Å². The normalized spacial score (nSPS) is 11.8. The van der Waals surface area contributed by atoms with E-state index in [2.05, 4.69) is 27.8 Å². The van der Waals surface area contributed by atoms with Crippen LogP contribution in [0.2, 0.25) is 0 Å². The fourth-order valence-electron chi connectivity index (χ4n) is 1.15. The van der Waals surface area contributed by atoms with Gasteiger partial charge in [-0.3, -0.25) is 0 Å². The number of hydrogen-bond donors (Lipinski definition) is 1. The maximum absolute atomic E-state index is 13.2. The van der Waals surface area contributed by atoms with Crippen molar-refractivity contribution in [2.75, 3.05) is 0 Å². The standard InChI is InChI=1S/C11H10BrF2N/c1-2-3-4-9(15)7-5-6-8(13)11(14)10(7)12/h5-6,9H,4,15H2,1H3. The average Bonchev–Trinajstić information content (AvgIpc) is 2.23. The third-order valence-electron chi connectivity index (χ3n) is 1.96. The van der Waals surface area contributed by atoms with Crippen molar-refractivity contribution < 1.29 is 8.78 Å². The number of rotatable bonds is 2. The second-order valence-electron chi connectivity index (χ2n) is 3.00. The van der Waals surface area contributed by atoms with Crippen LogP contribution in [0.1, 0.15) is 24.9 Å². The topological polar surface area (TPSA) is 26.0 Å². The van der Waals surface area contributed by atoms with Crippen LogP contribution in [0.3, 0.4) is 0 Å². The van der Waals surface area contributed by atoms with Crippen LogP contribution in [-0.4, -0.2) is 0 Å². The van der Waals surface area contributed by atoms with E-state index >= 15 is 0 Å². The summed E-state index contributed by atoms with van der Waals surface area (Å²) in [6, 6.07) is 2.11. The van der Waals surface area contributed by atoms with E-state index in [9.17, 15) is 8.78 Å². The van der Waals surface area contributed by atoms with Gasteiger partial charge >= 0.3 is 0 Å². The third kappa shape index (κ3) is 2.77. The van der Waals surface area contributed by atoms with Gasteiger partial charge in [-0.1, -0.05) is 6.07 Å². The highest BCUT2D eigenvalue weighted by atomic mass is 79.9. The largest absolute Gasteiger partial charge is 0.323 e. The van der Waals surface area contributed by atoms with Gasteiger partial charge in [0.1, 0.15) is 0 Å². The lowest BCUT2D eigenvalue weighted by Crippen LogP contribution is -2.11. The highest BCUT2D eigenvalue weighted by Gasteiger charge is 2.15. The molecular formula is C11H10BrF2N. The first-order valence-electron chi connectivity index (χ1n) is 4.36. The van der Waals surface area contributed by atoms with Crippen LogP contribution < -0.4 is 5.73 Å². The monoisotopic (exact) mass is 273 g/mol. The van der Waals surface area contributed by atoms with Gasteiger partial charge in [-0.15, -0.1) is 11.8 Å². The van der Waals surface area contributed by atoms with Crippen molar-refractivity contribution in [3.63, 3.8) is 0 Å². The van der Waals surface area contributed by atoms with E-state index in [1.54, 1.807) is 6.92 Å². The molecular weight excluding hydrogens is 264 g/mol. The third-order valence-corrected chi connectivity index (χ3v) is 2.77. The minimum Gasteiger partial charge on any atom is -0.323 e. The van der Waals surface area contributed by atoms with Crippen LogP contribution in [0.25, 0.3) is 0 Å². The molecule has 0 saturated heterocycles. The molecule has 1 nitrogen and oxygen atoms in total. The molecule has 0 amide bonds. The first-order chi connectivity index (χ1) is 7.07. The molecule has 15 heavy (non-hydrogen) atoms. The fraction of sp³-hybridized carbons (Fsp3) is 0.273. The molecule has 1 aromatic carbocycles. The number of halogens is 3. The summed E-state index contributed by atoms with van der Waals surface area (Å²) >= 11 is 2.98. The van der Waals surface area contributed by atoms with E-state index in [4.69, 9.17) is 5.73 Å². The molecule has 0 fully saturated rings. The zero-order chi connectivity index (χ0) is 11.4. The number of hydrogen-bond acceptors (Lipinski definition) is 1. The molecule has 1 atom stereocenters. The smallest absolute Gasteiger partial charge is 0.173 e. The quantitative estimate of drug-likeness (QED) is 0.650. The van der Waals surface area contributed by atoms with Crippen molar-refractivity contribution in [2.45, 2.75) is 19.4 Å². The van der Waals surface area contributed by atoms with Crippen LogP contribution >= 0.6 is 15.9 Å². The van der Waals surface area contributed by atoms with Gasteiger partial charge in [0.2, 0.25) is 0 Å². The summed E-state index contributed by atoms with van der Waals surface area (Å²) in [6.07, 6.45) is 0.417. The zero-order valence-electron chi connectivity index (χ0n) is 8.15. The van der Waals surface area contributed by atoms with Crippen LogP contribution in [0.4, 0.5) is 8.78 Å². The summed E-state index contributed by atoms with van der Waals surface area (Å²) in [4.78, 5) is 0. The van der Waals surface area contributed by atoms with Gasteiger partial charge in [0.25, 0.3) is 0 Å². The molecule has 4 heteroatoms. The lowest BCUT2D eigenvalue weighted by atomic mass is 10.0. The predicted molar refractivity (Wildman–Crippen MR) is 59.1 cm³/mol. The molecule has 1 aromatic rings. The van der Waals surface area contributed by atoms with Crippen molar-refractivity contribution in [1.82, 2.24) is 0 Å². The predicted octanol–water partition coefficient (Wildman–Crippen LogP) is 3.14. The van der Waals surface area contributed by atoms with Gasteiger partial charge in [-0.2, -0.15) is 0 Å². The molecule has 0 aliphatic rings. The van der Waals surface area contributed by atoms with E-state index in [1.165, 1.54) is 6.07 Å². The number of benzene rings is 1. The minimum atomic E-state index is -0.910. The van der Waals surface area contributed by atoms with Crippen molar-refractivity contribution in [2.24, 2.45) is 5.73 Å². The summed E-state index contributed by atoms with van der Waals surface area (Å²) in [5, 5.41) is 0. The Bertz CT molecular complexity index is 421. The van der Waals surface area contributed by atoms with E-state index in [1.807, 2.05) is 0 Å². The van der Waals surface area contributed by atoms with E-state index < -0.39 is 17.7 Å². The average molecular weight is 274 g/mol. The van der Waals surface area contributed by atoms with Crippen LogP contribution in [0.5, 0.6) is 0 Å². The lowest BCUT2D eigenvalue weighted by Gasteiger charge is -2.11. The fourth-order valence-corrected chi connectivity index (χ4v) is 1.76. The van der Waals surface area contributed by atoms with Gasteiger partial charge in [0.15, 0.2) is 11.6 Å². The molecule has 0 spiro atoms. The molecule has 0 aromatic heterocycles. The second-order valence-corrected chi connectivity index (χ2v) is 3.79. The zero-order valence-corrected chi connectivity index (χ0v) is 9.74. The molecule has 0 bridgehead atoms. The van der Waals surface area contributed by atoms with Gasteiger partial charge < -0.3 is 5.73 Å². The maximum atomic E-state index is 13.2. The summed E-state index contributed by atoms with van der Waals surface area (Å²) in [5.41, 5.74) is 6.30. The van der Waals surface area contributed by atoms with E-state index in [0.717, 1.165) is 6.07 Å². The van der Waals surface area contributed by atoms with Crippen LogP contribution in [0, 0.1) is 23.5 Å². The Morgan fingerprint density at radius 1 is 1.47 bits per heavy atom. The summed E-state index contributed by atoms with van der Waals surface area (Å²) in [6.45, 7) is 1.70. The van der Waals surface area contributed by atoms with Gasteiger partial charge in [0.05, 0.1) is 4.47 Å². The van der Waals surface area contributed by atoms with E-state index in [0.29, 0.717) is 12.0 Å². The van der Waals surface area contributed by atoms with E-state index in [-0.39, 0.29) is 4.47 Å². The Labute approximate surface area is 95.8 Å². The molecule has 1 unspecified atom stereocenters. The summed E-state index contributed by atoms with van der Waals surface area (Å²) in [5.74, 6) is 3.70. The van der Waals surface area contributed by atoms with Crippen molar-refractivity contribution >= 4 is 15.9 Å². The second kappa shape index (κ2) is 5.24. The maximum Gasteiger partial charge on any atom is 0.173 e. The molecule has 2 N–H and O–H groups in total. The Balaban J connectivity index is 3.03. The van der Waals surface area contributed by atoms with Crippen LogP contribution in [0.15, 0.2) is 16.6 Å².